The smallest absolute Gasteiger partial charge is 0.352 e. The molecule has 42 heavy (non-hydrogen) atoms. The molecule has 4 heterocycles. The Morgan fingerprint density at radius 3 is 2.67 bits per heavy atom. The van der Waals surface area contributed by atoms with E-state index in [4.69, 9.17) is 19.6 Å². The van der Waals surface area contributed by atoms with Crippen LogP contribution in [0.25, 0.3) is 0 Å². The number of nitrogens with two attached hydrogens (primary N) is 1. The molecule has 0 aromatic carbocycles. The molecule has 4 N–H and O–H groups in total. The van der Waals surface area contributed by atoms with Crippen molar-refractivity contribution in [2.45, 2.75) is 30.4 Å². The minimum Gasteiger partial charge on any atom is -0.477 e. The van der Waals surface area contributed by atoms with E-state index in [2.05, 4.69) is 31.0 Å². The Morgan fingerprint density at radius 1 is 1.33 bits per heavy atom. The first kappa shape index (κ1) is 31.9. The number of aliphatic carboxylic acids is 1. The summed E-state index contributed by atoms with van der Waals surface area (Å²) in [5.41, 5.74) is 5.98. The zero-order chi connectivity index (χ0) is 30.4. The van der Waals surface area contributed by atoms with E-state index in [0.717, 1.165) is 11.3 Å². The molecule has 1 saturated heterocycles. The number of hydrogen-bond acceptors (Lipinski definition) is 16. The van der Waals surface area contributed by atoms with Crippen molar-refractivity contribution in [3.63, 3.8) is 0 Å². The monoisotopic (exact) mass is 661 g/mol. The number of fused-ring (bicyclic) bond motifs is 1. The number of β-lactam (4-membered cyclic amide) rings is 1. The van der Waals surface area contributed by atoms with Crippen molar-refractivity contribution >= 4 is 71.1 Å². The number of thiazole rings is 1. The van der Waals surface area contributed by atoms with Crippen molar-refractivity contribution in [3.8, 4) is 0 Å². The van der Waals surface area contributed by atoms with Crippen molar-refractivity contribution in [2.24, 2.45) is 12.2 Å². The highest BCUT2D eigenvalue weighted by Gasteiger charge is 2.54. The van der Waals surface area contributed by atoms with Gasteiger partial charge in [-0.1, -0.05) is 16.9 Å². The van der Waals surface area contributed by atoms with Crippen LogP contribution in [-0.2, 0) is 39.9 Å². The SMILES string of the molecule is CCOP(=O)(CCON=C(C(=O)NC1C(=O)N2C(C(=O)O)=C(CSc3nnnn3C)CS[C@@H]12)c1csc(N)n1)OCC. The number of carboxylic acids is 1. The predicted octanol–water partition coefficient (Wildman–Crippen LogP) is 0.767. The van der Waals surface area contributed by atoms with E-state index in [-0.39, 0.29) is 54.0 Å². The number of nitrogens with one attached hydrogen (secondary N) is 1. The number of hydrogen-bond donors (Lipinski definition) is 3. The molecule has 4 rings (SSSR count). The van der Waals surface area contributed by atoms with Crippen LogP contribution in [0.15, 0.2) is 27.0 Å². The van der Waals surface area contributed by atoms with Gasteiger partial charge in [-0.3, -0.25) is 19.1 Å². The quantitative estimate of drug-likeness (QED) is 0.0598. The third-order valence-corrected chi connectivity index (χ3v) is 10.9. The van der Waals surface area contributed by atoms with Gasteiger partial charge in [0, 0.05) is 23.9 Å². The van der Waals surface area contributed by atoms with Gasteiger partial charge in [-0.15, -0.1) is 28.2 Å². The number of aryl methyl sites for hydroxylation is 1. The maximum absolute atomic E-state index is 13.3. The Morgan fingerprint density at radius 2 is 2.07 bits per heavy atom. The van der Waals surface area contributed by atoms with Crippen molar-refractivity contribution in [1.82, 2.24) is 35.4 Å². The number of aromatic nitrogens is 5. The number of carbonyl (C=O) groups excluding carboxylic acids is 2. The van der Waals surface area contributed by atoms with Crippen molar-refractivity contribution in [3.05, 3.63) is 22.3 Å². The normalized spacial score (nSPS) is 19.0. The first-order chi connectivity index (χ1) is 20.1. The first-order valence-electron chi connectivity index (χ1n) is 12.4. The number of nitrogens with zero attached hydrogens (tertiary/aromatic N) is 7. The highest BCUT2D eigenvalue weighted by molar-refractivity contribution is 8.01. The Balaban J connectivity index is 1.45. The minimum atomic E-state index is -3.40. The van der Waals surface area contributed by atoms with Gasteiger partial charge in [0.15, 0.2) is 10.8 Å². The molecule has 1 fully saturated rings. The molecule has 0 spiro atoms. The van der Waals surface area contributed by atoms with Gasteiger partial charge < -0.3 is 30.0 Å². The van der Waals surface area contributed by atoms with Crippen LogP contribution in [0.3, 0.4) is 0 Å². The van der Waals surface area contributed by atoms with E-state index in [1.165, 1.54) is 38.5 Å². The summed E-state index contributed by atoms with van der Waals surface area (Å²) in [5, 5.41) is 29.1. The summed E-state index contributed by atoms with van der Waals surface area (Å²) in [6.07, 6.45) is -0.112. The Kier molecular flexibility index (Phi) is 10.6. The summed E-state index contributed by atoms with van der Waals surface area (Å²) in [5.74, 6) is -2.06. The molecule has 2 aromatic heterocycles. The molecule has 2 atom stereocenters. The number of tetrazole rings is 1. The number of rotatable bonds is 15. The number of oxime groups is 1. The number of carboxylic acid groups (broad SMARTS) is 1. The summed E-state index contributed by atoms with van der Waals surface area (Å²) in [7, 11) is -1.74. The van der Waals surface area contributed by atoms with E-state index in [1.807, 2.05) is 0 Å². The Hall–Kier alpha value is -3.03. The molecule has 0 saturated carbocycles. The van der Waals surface area contributed by atoms with Gasteiger partial charge in [-0.2, -0.15) is 0 Å². The fourth-order valence-electron chi connectivity index (χ4n) is 3.92. The molecule has 228 valence electrons. The lowest BCUT2D eigenvalue weighted by molar-refractivity contribution is -0.150. The first-order valence-corrected chi connectivity index (χ1v) is 17.1. The molecule has 0 aliphatic carbocycles. The van der Waals surface area contributed by atoms with E-state index in [1.54, 1.807) is 20.9 Å². The van der Waals surface area contributed by atoms with Gasteiger partial charge in [0.1, 0.15) is 29.4 Å². The van der Waals surface area contributed by atoms with E-state index >= 15 is 0 Å². The lowest BCUT2D eigenvalue weighted by Gasteiger charge is -2.49. The number of nitrogen functional groups attached to an aromatic ring is 1. The van der Waals surface area contributed by atoms with Gasteiger partial charge >= 0.3 is 13.6 Å². The van der Waals surface area contributed by atoms with Crippen LogP contribution in [0.4, 0.5) is 5.13 Å². The van der Waals surface area contributed by atoms with Crippen LogP contribution in [0.1, 0.15) is 19.5 Å². The number of thioether (sulfide) groups is 2. The fourth-order valence-corrected chi connectivity index (χ4v) is 8.23. The van der Waals surface area contributed by atoms with E-state index < -0.39 is 36.8 Å². The zero-order valence-electron chi connectivity index (χ0n) is 22.7. The summed E-state index contributed by atoms with van der Waals surface area (Å²) < 4.78 is 24.6. The van der Waals surface area contributed by atoms with Gasteiger partial charge in [0.05, 0.1) is 19.4 Å². The molecule has 17 nitrogen and oxygen atoms in total. The van der Waals surface area contributed by atoms with Crippen molar-refractivity contribution in [2.75, 3.05) is 43.2 Å². The van der Waals surface area contributed by atoms with Gasteiger partial charge in [0.2, 0.25) is 5.16 Å². The second-order valence-electron chi connectivity index (χ2n) is 8.51. The zero-order valence-corrected chi connectivity index (χ0v) is 26.0. The molecule has 2 aliphatic rings. The van der Waals surface area contributed by atoms with Gasteiger partial charge in [-0.05, 0) is 29.8 Å². The number of amides is 2. The molecule has 2 amide bonds. The average molecular weight is 662 g/mol. The van der Waals surface area contributed by atoms with E-state index in [9.17, 15) is 24.1 Å². The van der Waals surface area contributed by atoms with Crippen molar-refractivity contribution in [1.29, 1.82) is 0 Å². The Labute approximate surface area is 252 Å². The predicted molar refractivity (Wildman–Crippen MR) is 154 cm³/mol. The second-order valence-corrected chi connectivity index (χ2v) is 13.6. The largest absolute Gasteiger partial charge is 0.477 e. The highest BCUT2D eigenvalue weighted by Crippen LogP contribution is 2.47. The number of carbonyl (C=O) groups is 3. The Bertz CT molecular complexity index is 1440. The van der Waals surface area contributed by atoms with Crippen LogP contribution in [-0.4, -0.2) is 108 Å². The summed E-state index contributed by atoms with van der Waals surface area (Å²) in [6.45, 7) is 3.52. The molecule has 21 heteroatoms. The van der Waals surface area contributed by atoms with E-state index in [0.29, 0.717) is 16.5 Å². The molecular formula is C21H28N9O8PS3. The molecule has 2 aromatic rings. The summed E-state index contributed by atoms with van der Waals surface area (Å²) in [6, 6.07) is -1.02. The van der Waals surface area contributed by atoms with Crippen LogP contribution in [0, 0.1) is 0 Å². The third-order valence-electron chi connectivity index (χ3n) is 5.74. The van der Waals surface area contributed by atoms with Crippen LogP contribution in [0.2, 0.25) is 0 Å². The summed E-state index contributed by atoms with van der Waals surface area (Å²) in [4.78, 5) is 49.1. The lowest BCUT2D eigenvalue weighted by Crippen LogP contribution is -2.71. The molecular weight excluding hydrogens is 633 g/mol. The van der Waals surface area contributed by atoms with Crippen molar-refractivity contribution < 1.29 is 37.9 Å². The van der Waals surface area contributed by atoms with Gasteiger partial charge in [-0.25, -0.2) is 14.5 Å². The maximum Gasteiger partial charge on any atom is 0.352 e. The highest BCUT2D eigenvalue weighted by atomic mass is 32.2. The molecule has 1 unspecified atom stereocenters. The molecule has 2 aliphatic heterocycles. The van der Waals surface area contributed by atoms with Crippen LogP contribution in [0.5, 0.6) is 0 Å². The number of anilines is 1. The second kappa shape index (κ2) is 14.0. The lowest BCUT2D eigenvalue weighted by atomic mass is 10.0. The molecule has 0 bridgehead atoms. The summed E-state index contributed by atoms with van der Waals surface area (Å²) >= 11 is 3.63. The van der Waals surface area contributed by atoms with Gasteiger partial charge in [0.25, 0.3) is 11.8 Å². The fraction of sp³-hybridized carbons (Fsp3) is 0.524. The van der Waals surface area contributed by atoms with Crippen LogP contribution < -0.4 is 11.1 Å². The minimum absolute atomic E-state index is 0.108. The molecule has 0 radical (unpaired) electrons. The third kappa shape index (κ3) is 7.12. The topological polar surface area (TPSA) is 226 Å². The maximum atomic E-state index is 13.3. The standard InChI is InChI=1S/C21H28N9O8PS3/c1-4-37-39(35,38-5-2)7-6-36-26-13(12-10-41-20(22)23-12)16(31)24-14-17(32)30-15(19(33)34)11(8-40-18(14)30)9-42-21-25-27-28-29(21)3/h10,14,18H,4-9H2,1-3H3,(H2,22,23)(H,24,31)(H,33,34)/t14?,18-/m0/s1. The average Bonchev–Trinajstić information content (AvgIpc) is 3.57. The van der Waals surface area contributed by atoms with Crippen LogP contribution >= 0.6 is 42.5 Å².